The first-order valence-corrected chi connectivity index (χ1v) is 7.36. The summed E-state index contributed by atoms with van der Waals surface area (Å²) in [6.45, 7) is 6.19. The lowest BCUT2D eigenvalue weighted by Gasteiger charge is -2.14. The van der Waals surface area contributed by atoms with E-state index < -0.39 is 0 Å². The van der Waals surface area contributed by atoms with Crippen LogP contribution in [0, 0.1) is 0 Å². The quantitative estimate of drug-likeness (QED) is 0.884. The average Bonchev–Trinajstić information content (AvgIpc) is 2.88. The molecule has 1 aliphatic rings. The Labute approximate surface area is 114 Å². The van der Waals surface area contributed by atoms with E-state index in [1.165, 1.54) is 5.56 Å². The second-order valence-corrected chi connectivity index (χ2v) is 5.68. The number of hydrogen-bond donors (Lipinski definition) is 1. The minimum absolute atomic E-state index is 0.484. The van der Waals surface area contributed by atoms with E-state index in [0.29, 0.717) is 5.25 Å². The summed E-state index contributed by atoms with van der Waals surface area (Å²) in [7, 11) is 2.14. The van der Waals surface area contributed by atoms with E-state index in [-0.39, 0.29) is 0 Å². The summed E-state index contributed by atoms with van der Waals surface area (Å²) in [6, 6.07) is 10.6. The fraction of sp³-hybridized carbons (Fsp3) is 0.500. The van der Waals surface area contributed by atoms with E-state index in [1.807, 2.05) is 11.8 Å². The normalized spacial score (nSPS) is 19.1. The molecule has 1 aromatic carbocycles. The number of likely N-dealkylation sites (N-methyl/N-ethyl adjacent to an activating group) is 1. The summed E-state index contributed by atoms with van der Waals surface area (Å²) < 4.78 is 0. The molecule has 0 saturated heterocycles. The van der Waals surface area contributed by atoms with Crippen LogP contribution in [0.4, 0.5) is 0 Å². The molecule has 1 unspecified atom stereocenters. The van der Waals surface area contributed by atoms with Crippen LogP contribution < -0.4 is 5.32 Å². The predicted molar refractivity (Wildman–Crippen MR) is 80.2 cm³/mol. The number of rotatable bonds is 5. The van der Waals surface area contributed by atoms with E-state index in [4.69, 9.17) is 0 Å². The lowest BCUT2D eigenvalue weighted by atomic mass is 10.1. The van der Waals surface area contributed by atoms with Crippen molar-refractivity contribution in [3.05, 3.63) is 35.9 Å². The number of nitrogens with one attached hydrogen (secondary N) is 1. The number of hydrogen-bond acceptors (Lipinski definition) is 4. The Hall–Kier alpha value is -1.00. The highest BCUT2D eigenvalue weighted by Crippen LogP contribution is 2.33. The molecule has 2 rings (SSSR count). The lowest BCUT2D eigenvalue weighted by Crippen LogP contribution is -2.31. The molecule has 0 spiro atoms. The third-order valence-corrected chi connectivity index (χ3v) is 4.34. The summed E-state index contributed by atoms with van der Waals surface area (Å²) in [5, 5.41) is 4.99. The fourth-order valence-corrected chi connectivity index (χ4v) is 2.87. The highest BCUT2D eigenvalue weighted by molar-refractivity contribution is 8.14. The number of amidine groups is 1. The molecule has 1 aliphatic heterocycles. The maximum atomic E-state index is 4.57. The van der Waals surface area contributed by atoms with Crippen molar-refractivity contribution in [1.82, 2.24) is 10.2 Å². The molecular formula is C14H21N3S. The van der Waals surface area contributed by atoms with Crippen LogP contribution in [0.15, 0.2) is 35.3 Å². The highest BCUT2D eigenvalue weighted by atomic mass is 32.2. The molecule has 0 amide bonds. The Balaban J connectivity index is 1.75. The van der Waals surface area contributed by atoms with E-state index in [9.17, 15) is 0 Å². The van der Waals surface area contributed by atoms with E-state index in [2.05, 4.69) is 59.5 Å². The second-order valence-electron chi connectivity index (χ2n) is 4.49. The van der Waals surface area contributed by atoms with Gasteiger partial charge in [-0.2, -0.15) is 0 Å². The first-order valence-electron chi connectivity index (χ1n) is 6.48. The van der Waals surface area contributed by atoms with Gasteiger partial charge in [-0.15, -0.1) is 0 Å². The van der Waals surface area contributed by atoms with Crippen LogP contribution in [0.25, 0.3) is 0 Å². The van der Waals surface area contributed by atoms with Crippen LogP contribution in [-0.2, 0) is 0 Å². The van der Waals surface area contributed by atoms with Crippen molar-refractivity contribution in [2.75, 3.05) is 33.2 Å². The largest absolute Gasteiger partial charge is 0.364 e. The van der Waals surface area contributed by atoms with Crippen molar-refractivity contribution in [2.24, 2.45) is 4.99 Å². The van der Waals surface area contributed by atoms with Crippen molar-refractivity contribution in [3.63, 3.8) is 0 Å². The third-order valence-electron chi connectivity index (χ3n) is 3.14. The molecule has 4 heteroatoms. The predicted octanol–water partition coefficient (Wildman–Crippen LogP) is 2.37. The number of nitrogens with zero attached hydrogens (tertiary/aromatic N) is 2. The molecule has 1 heterocycles. The first-order chi connectivity index (χ1) is 8.79. The molecule has 18 heavy (non-hydrogen) atoms. The monoisotopic (exact) mass is 263 g/mol. The average molecular weight is 263 g/mol. The van der Waals surface area contributed by atoms with Gasteiger partial charge in [0, 0.05) is 13.1 Å². The number of thioether (sulfide) groups is 1. The van der Waals surface area contributed by atoms with Crippen molar-refractivity contribution in [1.29, 1.82) is 0 Å². The minimum Gasteiger partial charge on any atom is -0.364 e. The van der Waals surface area contributed by atoms with Crippen molar-refractivity contribution >= 4 is 16.9 Å². The van der Waals surface area contributed by atoms with Crippen LogP contribution in [0.1, 0.15) is 17.7 Å². The van der Waals surface area contributed by atoms with Gasteiger partial charge in [-0.1, -0.05) is 49.0 Å². The zero-order valence-electron chi connectivity index (χ0n) is 11.1. The standard InChI is InChI=1S/C14H21N3S/c1-3-17(2)10-9-15-14-16-11-13(18-14)12-7-5-4-6-8-12/h4-8,13H,3,9-11H2,1-2H3,(H,15,16). The Morgan fingerprint density at radius 3 is 2.89 bits per heavy atom. The molecule has 0 radical (unpaired) electrons. The zero-order chi connectivity index (χ0) is 12.8. The van der Waals surface area contributed by atoms with Crippen molar-refractivity contribution in [2.45, 2.75) is 12.2 Å². The number of benzene rings is 1. The SMILES string of the molecule is CCN(C)CCNC1=NCC(c2ccccc2)S1. The lowest BCUT2D eigenvalue weighted by molar-refractivity contribution is 0.358. The Morgan fingerprint density at radius 2 is 2.17 bits per heavy atom. The summed E-state index contributed by atoms with van der Waals surface area (Å²) in [5.41, 5.74) is 1.37. The number of aliphatic imine (C=N–C) groups is 1. The Morgan fingerprint density at radius 1 is 1.39 bits per heavy atom. The van der Waals surface area contributed by atoms with E-state index >= 15 is 0 Å². The zero-order valence-corrected chi connectivity index (χ0v) is 11.9. The summed E-state index contributed by atoms with van der Waals surface area (Å²) >= 11 is 1.84. The van der Waals surface area contributed by atoms with Gasteiger partial charge in [0.2, 0.25) is 0 Å². The van der Waals surface area contributed by atoms with Gasteiger partial charge in [0.05, 0.1) is 11.8 Å². The first kappa shape index (κ1) is 13.4. The summed E-state index contributed by atoms with van der Waals surface area (Å²) in [6.07, 6.45) is 0. The van der Waals surface area contributed by atoms with Gasteiger partial charge in [0.1, 0.15) is 0 Å². The maximum Gasteiger partial charge on any atom is 0.157 e. The molecule has 0 aromatic heterocycles. The van der Waals surface area contributed by atoms with Gasteiger partial charge in [-0.3, -0.25) is 4.99 Å². The van der Waals surface area contributed by atoms with Gasteiger partial charge in [0.25, 0.3) is 0 Å². The molecule has 1 N–H and O–H groups in total. The summed E-state index contributed by atoms with van der Waals surface area (Å²) in [5.74, 6) is 0. The maximum absolute atomic E-state index is 4.57. The Kier molecular flexibility index (Phi) is 5.08. The molecule has 1 atom stereocenters. The second kappa shape index (κ2) is 6.81. The van der Waals surface area contributed by atoms with Crippen molar-refractivity contribution in [3.8, 4) is 0 Å². The molecule has 98 valence electrons. The molecule has 1 aromatic rings. The third kappa shape index (κ3) is 3.75. The van der Waals surface area contributed by atoms with Crippen LogP contribution in [-0.4, -0.2) is 43.3 Å². The van der Waals surface area contributed by atoms with Crippen LogP contribution >= 0.6 is 11.8 Å². The van der Waals surface area contributed by atoms with Crippen LogP contribution in [0.3, 0.4) is 0 Å². The molecular weight excluding hydrogens is 242 g/mol. The minimum atomic E-state index is 0.484. The van der Waals surface area contributed by atoms with Gasteiger partial charge in [0.15, 0.2) is 5.17 Å². The summed E-state index contributed by atoms with van der Waals surface area (Å²) in [4.78, 5) is 6.86. The van der Waals surface area contributed by atoms with Gasteiger partial charge < -0.3 is 10.2 Å². The van der Waals surface area contributed by atoms with Crippen molar-refractivity contribution < 1.29 is 0 Å². The van der Waals surface area contributed by atoms with E-state index in [0.717, 1.165) is 31.3 Å². The Bertz CT molecular complexity index is 391. The molecule has 0 aliphatic carbocycles. The van der Waals surface area contributed by atoms with Crippen LogP contribution in [0.5, 0.6) is 0 Å². The smallest absolute Gasteiger partial charge is 0.157 e. The van der Waals surface area contributed by atoms with E-state index in [1.54, 1.807) is 0 Å². The fourth-order valence-electron chi connectivity index (χ4n) is 1.83. The molecule has 0 fully saturated rings. The van der Waals surface area contributed by atoms with Gasteiger partial charge >= 0.3 is 0 Å². The topological polar surface area (TPSA) is 27.6 Å². The molecule has 3 nitrogen and oxygen atoms in total. The van der Waals surface area contributed by atoms with Gasteiger partial charge in [-0.05, 0) is 19.2 Å². The molecule has 0 saturated carbocycles. The highest BCUT2D eigenvalue weighted by Gasteiger charge is 2.20. The molecule has 0 bridgehead atoms. The van der Waals surface area contributed by atoms with Gasteiger partial charge in [-0.25, -0.2) is 0 Å². The van der Waals surface area contributed by atoms with Crippen LogP contribution in [0.2, 0.25) is 0 Å².